The van der Waals surface area contributed by atoms with Crippen LogP contribution in [-0.4, -0.2) is 34.8 Å². The van der Waals surface area contributed by atoms with Gasteiger partial charge in [-0.05, 0) is 30.2 Å². The summed E-state index contributed by atoms with van der Waals surface area (Å²) in [5.74, 6) is 0.152. The van der Waals surface area contributed by atoms with Crippen molar-refractivity contribution in [2.45, 2.75) is 32.9 Å². The van der Waals surface area contributed by atoms with Gasteiger partial charge in [0.05, 0.1) is 12.1 Å². The highest BCUT2D eigenvalue weighted by atomic mass is 35.5. The number of aromatic nitrogens is 3. The van der Waals surface area contributed by atoms with E-state index in [-0.39, 0.29) is 11.5 Å². The Bertz CT molecular complexity index is 1140. The number of pyridine rings is 1. The van der Waals surface area contributed by atoms with Crippen LogP contribution in [0.2, 0.25) is 5.02 Å². The molecule has 0 saturated carbocycles. The van der Waals surface area contributed by atoms with Crippen molar-refractivity contribution in [3.8, 4) is 0 Å². The maximum absolute atomic E-state index is 12.7. The van der Waals surface area contributed by atoms with E-state index in [4.69, 9.17) is 22.1 Å². The van der Waals surface area contributed by atoms with Crippen LogP contribution in [0, 0.1) is 0 Å². The van der Waals surface area contributed by atoms with Crippen molar-refractivity contribution in [2.24, 2.45) is 0 Å². The number of hydrogen-bond donors (Lipinski definition) is 2. The van der Waals surface area contributed by atoms with E-state index in [1.54, 1.807) is 13.3 Å². The first-order valence-electron chi connectivity index (χ1n) is 9.86. The molecule has 3 rings (SSSR count). The van der Waals surface area contributed by atoms with Gasteiger partial charge in [-0.25, -0.2) is 4.79 Å². The molecule has 0 aliphatic carbocycles. The fourth-order valence-corrected chi connectivity index (χ4v) is 3.64. The van der Waals surface area contributed by atoms with Gasteiger partial charge in [-0.3, -0.25) is 19.3 Å². The topological polar surface area (TPSA) is 106 Å². The molecule has 0 saturated heterocycles. The summed E-state index contributed by atoms with van der Waals surface area (Å²) in [6.07, 6.45) is 3.38. The highest BCUT2D eigenvalue weighted by Gasteiger charge is 2.20. The molecule has 2 heterocycles. The van der Waals surface area contributed by atoms with Gasteiger partial charge in [0, 0.05) is 43.3 Å². The highest BCUT2D eigenvalue weighted by molar-refractivity contribution is 6.35. The lowest BCUT2D eigenvalue weighted by Gasteiger charge is -2.26. The van der Waals surface area contributed by atoms with Crippen molar-refractivity contribution >= 4 is 34.0 Å². The molecule has 0 amide bonds. The third-order valence-corrected chi connectivity index (χ3v) is 5.32. The smallest absolute Gasteiger partial charge is 0.330 e. The van der Waals surface area contributed by atoms with E-state index in [0.717, 1.165) is 29.3 Å². The molecule has 160 valence electrons. The quantitative estimate of drug-likeness (QED) is 0.539. The third-order valence-electron chi connectivity index (χ3n) is 4.99. The SMILES string of the molecule is CCCCn1c(N)c(N(CCOC)Cc2ccc(Cl)c3cccnc23)c(=O)[nH]c1=O. The number of hydrogen-bond acceptors (Lipinski definition) is 6. The Morgan fingerprint density at radius 3 is 2.83 bits per heavy atom. The Morgan fingerprint density at radius 1 is 1.30 bits per heavy atom. The van der Waals surface area contributed by atoms with E-state index in [1.165, 1.54) is 4.57 Å². The lowest BCUT2D eigenvalue weighted by molar-refractivity contribution is 0.205. The number of rotatable bonds is 9. The van der Waals surface area contributed by atoms with E-state index >= 15 is 0 Å². The summed E-state index contributed by atoms with van der Waals surface area (Å²) >= 11 is 6.32. The van der Waals surface area contributed by atoms with Crippen LogP contribution in [0.1, 0.15) is 25.3 Å². The van der Waals surface area contributed by atoms with E-state index in [0.29, 0.717) is 31.3 Å². The fourth-order valence-electron chi connectivity index (χ4n) is 3.42. The molecule has 0 fully saturated rings. The number of unbranched alkanes of at least 4 members (excludes halogenated alkanes) is 1. The molecule has 3 aromatic rings. The number of benzene rings is 1. The van der Waals surface area contributed by atoms with Crippen LogP contribution in [0.25, 0.3) is 10.9 Å². The number of nitrogen functional groups attached to an aromatic ring is 1. The van der Waals surface area contributed by atoms with E-state index in [9.17, 15) is 9.59 Å². The summed E-state index contributed by atoms with van der Waals surface area (Å²) in [4.78, 5) is 33.7. The average Bonchev–Trinajstić information content (AvgIpc) is 2.73. The Labute approximate surface area is 179 Å². The number of fused-ring (bicyclic) bond motifs is 1. The molecule has 1 aromatic carbocycles. The number of ether oxygens (including phenoxy) is 1. The molecular formula is C21H26ClN5O3. The largest absolute Gasteiger partial charge is 0.383 e. The second-order valence-electron chi connectivity index (χ2n) is 7.02. The number of nitrogens with two attached hydrogens (primary N) is 1. The lowest BCUT2D eigenvalue weighted by Crippen LogP contribution is -2.39. The number of anilines is 2. The summed E-state index contributed by atoms with van der Waals surface area (Å²) in [6.45, 7) is 3.61. The maximum Gasteiger partial charge on any atom is 0.330 e. The Balaban J connectivity index is 2.09. The van der Waals surface area contributed by atoms with Crippen molar-refractivity contribution in [3.05, 3.63) is 61.9 Å². The Hall–Kier alpha value is -2.84. The van der Waals surface area contributed by atoms with Gasteiger partial charge in [0.15, 0.2) is 0 Å². The molecule has 2 aromatic heterocycles. The predicted octanol–water partition coefficient (Wildman–Crippen LogP) is 2.77. The predicted molar refractivity (Wildman–Crippen MR) is 120 cm³/mol. The van der Waals surface area contributed by atoms with Crippen LogP contribution < -0.4 is 21.9 Å². The van der Waals surface area contributed by atoms with Crippen molar-refractivity contribution in [3.63, 3.8) is 0 Å². The monoisotopic (exact) mass is 431 g/mol. The number of H-pyrrole nitrogens is 1. The minimum Gasteiger partial charge on any atom is -0.383 e. The highest BCUT2D eigenvalue weighted by Crippen LogP contribution is 2.27. The number of aromatic amines is 1. The van der Waals surface area contributed by atoms with E-state index in [1.807, 2.05) is 36.1 Å². The molecule has 0 spiro atoms. The molecular weight excluding hydrogens is 406 g/mol. The summed E-state index contributed by atoms with van der Waals surface area (Å²) in [5.41, 5.74) is 7.18. The normalized spacial score (nSPS) is 11.2. The van der Waals surface area contributed by atoms with Gasteiger partial charge in [0.1, 0.15) is 11.5 Å². The number of methoxy groups -OCH3 is 1. The summed E-state index contributed by atoms with van der Waals surface area (Å²) in [7, 11) is 1.59. The molecule has 8 nitrogen and oxygen atoms in total. The van der Waals surface area contributed by atoms with Crippen LogP contribution in [0.4, 0.5) is 11.5 Å². The minimum atomic E-state index is -0.521. The second kappa shape index (κ2) is 9.77. The van der Waals surface area contributed by atoms with Gasteiger partial charge in [-0.2, -0.15) is 0 Å². The second-order valence-corrected chi connectivity index (χ2v) is 7.43. The van der Waals surface area contributed by atoms with Crippen LogP contribution >= 0.6 is 11.6 Å². The minimum absolute atomic E-state index is 0.152. The third kappa shape index (κ3) is 4.49. The Kier molecular flexibility index (Phi) is 7.12. The van der Waals surface area contributed by atoms with Crippen LogP contribution in [0.15, 0.2) is 40.1 Å². The summed E-state index contributed by atoms with van der Waals surface area (Å²) in [5, 5.41) is 1.44. The molecule has 30 heavy (non-hydrogen) atoms. The van der Waals surface area contributed by atoms with Gasteiger partial charge in [-0.15, -0.1) is 0 Å². The maximum atomic E-state index is 12.7. The zero-order valence-corrected chi connectivity index (χ0v) is 17.9. The van der Waals surface area contributed by atoms with Crippen LogP contribution in [0.3, 0.4) is 0 Å². The van der Waals surface area contributed by atoms with Crippen LogP contribution in [0.5, 0.6) is 0 Å². The van der Waals surface area contributed by atoms with E-state index in [2.05, 4.69) is 9.97 Å². The van der Waals surface area contributed by atoms with Crippen molar-refractivity contribution < 1.29 is 4.74 Å². The van der Waals surface area contributed by atoms with Gasteiger partial charge in [0.25, 0.3) is 5.56 Å². The van der Waals surface area contributed by atoms with Crippen LogP contribution in [-0.2, 0) is 17.8 Å². The molecule has 0 aliphatic rings. The van der Waals surface area contributed by atoms with Gasteiger partial charge in [0.2, 0.25) is 0 Å². The lowest BCUT2D eigenvalue weighted by atomic mass is 10.1. The fraction of sp³-hybridized carbons (Fsp3) is 0.381. The number of nitrogens with zero attached hydrogens (tertiary/aromatic N) is 3. The summed E-state index contributed by atoms with van der Waals surface area (Å²) < 4.78 is 6.65. The zero-order valence-electron chi connectivity index (χ0n) is 17.2. The Morgan fingerprint density at radius 2 is 2.10 bits per heavy atom. The molecule has 3 N–H and O–H groups in total. The molecule has 0 aliphatic heterocycles. The van der Waals surface area contributed by atoms with Gasteiger partial charge < -0.3 is 15.4 Å². The number of halogens is 1. The average molecular weight is 432 g/mol. The zero-order chi connectivity index (χ0) is 21.7. The van der Waals surface area contributed by atoms with Crippen molar-refractivity contribution in [2.75, 3.05) is 30.9 Å². The first kappa shape index (κ1) is 21.9. The van der Waals surface area contributed by atoms with E-state index < -0.39 is 11.2 Å². The molecule has 9 heteroatoms. The van der Waals surface area contributed by atoms with Gasteiger partial charge >= 0.3 is 5.69 Å². The first-order chi connectivity index (χ1) is 14.5. The summed E-state index contributed by atoms with van der Waals surface area (Å²) in [6, 6.07) is 7.42. The standard InChI is InChI=1S/C21H26ClN5O3/c1-3-4-10-27-19(23)18(20(28)25-21(27)29)26(11-12-30-2)13-14-7-8-16(22)15-6-5-9-24-17(14)15/h5-9H,3-4,10-13,23H2,1-2H3,(H,25,28,29). The molecule has 0 unspecified atom stereocenters. The molecule has 0 atom stereocenters. The van der Waals surface area contributed by atoms with Crippen molar-refractivity contribution in [1.29, 1.82) is 0 Å². The van der Waals surface area contributed by atoms with Crippen molar-refractivity contribution in [1.82, 2.24) is 14.5 Å². The first-order valence-corrected chi connectivity index (χ1v) is 10.2. The molecule has 0 bridgehead atoms. The number of nitrogens with one attached hydrogen (secondary N) is 1. The molecule has 0 radical (unpaired) electrons. The van der Waals surface area contributed by atoms with Gasteiger partial charge in [-0.1, -0.05) is 31.0 Å².